The van der Waals surface area contributed by atoms with Gasteiger partial charge >= 0.3 is 0 Å². The second-order valence-electron chi connectivity index (χ2n) is 5.48. The van der Waals surface area contributed by atoms with Crippen molar-refractivity contribution in [3.63, 3.8) is 0 Å². The molecule has 120 valence electrons. The number of pyridine rings is 1. The number of thiophene rings is 2. The van der Waals surface area contributed by atoms with Crippen molar-refractivity contribution in [1.82, 2.24) is 4.98 Å². The molecule has 1 atom stereocenters. The van der Waals surface area contributed by atoms with Crippen molar-refractivity contribution in [2.45, 2.75) is 12.5 Å². The Hall–Kier alpha value is -1.72. The second-order valence-corrected chi connectivity index (χ2v) is 8.08. The van der Waals surface area contributed by atoms with Gasteiger partial charge in [0.05, 0.1) is 4.34 Å². The summed E-state index contributed by atoms with van der Waals surface area (Å²) in [5.74, 6) is 0. The zero-order valence-corrected chi connectivity index (χ0v) is 15.0. The molecule has 3 heterocycles. The van der Waals surface area contributed by atoms with E-state index in [1.54, 1.807) is 23.7 Å². The maximum Gasteiger partial charge on any atom is 0.108 e. The highest BCUT2D eigenvalue weighted by Gasteiger charge is 2.24. The van der Waals surface area contributed by atoms with Crippen molar-refractivity contribution >= 4 is 39.8 Å². The molecule has 3 aromatic heterocycles. The smallest absolute Gasteiger partial charge is 0.108 e. The van der Waals surface area contributed by atoms with E-state index in [1.165, 1.54) is 16.9 Å². The van der Waals surface area contributed by atoms with Crippen LogP contribution < -0.4 is 0 Å². The second kappa shape index (κ2) is 6.65. The van der Waals surface area contributed by atoms with Crippen LogP contribution in [0.3, 0.4) is 0 Å². The maximum atomic E-state index is 11.1. The number of nitrogens with zero attached hydrogens (tertiary/aromatic N) is 1. The minimum Gasteiger partial charge on any atom is -0.384 e. The molecule has 3 aromatic rings. The molecule has 5 heteroatoms. The van der Waals surface area contributed by atoms with E-state index in [9.17, 15) is 5.11 Å². The molecule has 24 heavy (non-hydrogen) atoms. The van der Waals surface area contributed by atoms with E-state index in [0.717, 1.165) is 37.2 Å². The van der Waals surface area contributed by atoms with Gasteiger partial charge in [-0.1, -0.05) is 35.9 Å². The SMILES string of the molecule is OC(c1cccnc1)c1c(-c2ccc(Cl)s2)csc1C1=CCC=C1. The lowest BCUT2D eigenvalue weighted by Gasteiger charge is -2.14. The number of aliphatic hydroxyl groups excluding tert-OH is 1. The number of aromatic nitrogens is 1. The van der Waals surface area contributed by atoms with Crippen molar-refractivity contribution in [3.8, 4) is 10.4 Å². The summed E-state index contributed by atoms with van der Waals surface area (Å²) >= 11 is 9.32. The fourth-order valence-electron chi connectivity index (χ4n) is 2.84. The van der Waals surface area contributed by atoms with Crippen LogP contribution in [0.15, 0.2) is 60.3 Å². The van der Waals surface area contributed by atoms with E-state index < -0.39 is 6.10 Å². The van der Waals surface area contributed by atoms with Crippen LogP contribution in [0, 0.1) is 0 Å². The van der Waals surface area contributed by atoms with E-state index in [2.05, 4.69) is 28.6 Å². The number of rotatable bonds is 4. The fourth-order valence-corrected chi connectivity index (χ4v) is 5.12. The van der Waals surface area contributed by atoms with Crippen LogP contribution in [0.25, 0.3) is 16.0 Å². The van der Waals surface area contributed by atoms with Gasteiger partial charge in [0.2, 0.25) is 0 Å². The number of halogens is 1. The lowest BCUT2D eigenvalue weighted by atomic mass is 9.96. The van der Waals surface area contributed by atoms with E-state index in [1.807, 2.05) is 24.3 Å². The molecule has 1 unspecified atom stereocenters. The third-order valence-electron chi connectivity index (χ3n) is 3.98. The van der Waals surface area contributed by atoms with Gasteiger partial charge in [-0.2, -0.15) is 0 Å². The Kier molecular flexibility index (Phi) is 4.37. The topological polar surface area (TPSA) is 33.1 Å². The normalized spacial score (nSPS) is 14.8. The van der Waals surface area contributed by atoms with Crippen LogP contribution in [0.5, 0.6) is 0 Å². The third-order valence-corrected chi connectivity index (χ3v) is 6.28. The van der Waals surface area contributed by atoms with Crippen LogP contribution in [0.1, 0.15) is 28.5 Å². The molecule has 0 spiro atoms. The van der Waals surface area contributed by atoms with Gasteiger partial charge in [-0.3, -0.25) is 4.98 Å². The Morgan fingerprint density at radius 1 is 1.25 bits per heavy atom. The molecule has 0 radical (unpaired) electrons. The summed E-state index contributed by atoms with van der Waals surface area (Å²) in [5.41, 5.74) is 3.95. The number of hydrogen-bond acceptors (Lipinski definition) is 4. The minimum atomic E-state index is -0.717. The highest BCUT2D eigenvalue weighted by atomic mass is 35.5. The summed E-state index contributed by atoms with van der Waals surface area (Å²) in [6.45, 7) is 0. The van der Waals surface area contributed by atoms with E-state index in [0.29, 0.717) is 0 Å². The Bertz CT molecular complexity index is 924. The van der Waals surface area contributed by atoms with Crippen molar-refractivity contribution in [1.29, 1.82) is 0 Å². The average molecular weight is 372 g/mol. The average Bonchev–Trinajstić information content (AvgIpc) is 3.34. The molecule has 0 bridgehead atoms. The van der Waals surface area contributed by atoms with Gasteiger partial charge in [-0.15, -0.1) is 22.7 Å². The Morgan fingerprint density at radius 3 is 2.83 bits per heavy atom. The summed E-state index contributed by atoms with van der Waals surface area (Å²) in [4.78, 5) is 6.33. The van der Waals surface area contributed by atoms with Crippen LogP contribution in [-0.4, -0.2) is 10.1 Å². The van der Waals surface area contributed by atoms with Gasteiger partial charge in [0.25, 0.3) is 0 Å². The molecule has 0 saturated heterocycles. The standard InChI is InChI=1S/C19H14ClNOS2/c20-16-8-7-15(24-16)14-11-23-19(12-4-1-2-5-12)17(14)18(22)13-6-3-9-21-10-13/h1,3-11,18,22H,2H2. The van der Waals surface area contributed by atoms with E-state index in [4.69, 9.17) is 11.6 Å². The van der Waals surface area contributed by atoms with Gasteiger partial charge in [-0.05, 0) is 30.2 Å². The molecule has 4 rings (SSSR count). The monoisotopic (exact) mass is 371 g/mol. The molecular weight excluding hydrogens is 358 g/mol. The molecule has 0 amide bonds. The summed E-state index contributed by atoms with van der Waals surface area (Å²) < 4.78 is 0.750. The largest absolute Gasteiger partial charge is 0.384 e. The number of hydrogen-bond donors (Lipinski definition) is 1. The van der Waals surface area contributed by atoms with Gasteiger partial charge in [0.1, 0.15) is 6.10 Å². The van der Waals surface area contributed by atoms with Crippen molar-refractivity contribution in [3.05, 3.63) is 80.6 Å². The molecular formula is C19H14ClNOS2. The third kappa shape index (κ3) is 2.87. The minimum absolute atomic E-state index is 0.717. The molecule has 0 saturated carbocycles. The van der Waals surface area contributed by atoms with E-state index >= 15 is 0 Å². The molecule has 1 N–H and O–H groups in total. The molecule has 1 aliphatic rings. The summed E-state index contributed by atoms with van der Waals surface area (Å²) in [7, 11) is 0. The molecule has 2 nitrogen and oxygen atoms in total. The molecule has 0 fully saturated rings. The highest BCUT2D eigenvalue weighted by molar-refractivity contribution is 7.20. The fraction of sp³-hybridized carbons (Fsp3) is 0.105. The van der Waals surface area contributed by atoms with Crippen molar-refractivity contribution in [2.24, 2.45) is 0 Å². The maximum absolute atomic E-state index is 11.1. The number of aliphatic hydroxyl groups is 1. The first-order valence-corrected chi connectivity index (χ1v) is 9.63. The van der Waals surface area contributed by atoms with Crippen LogP contribution in [0.2, 0.25) is 4.34 Å². The molecule has 1 aliphatic carbocycles. The van der Waals surface area contributed by atoms with Gasteiger partial charge in [-0.25, -0.2) is 0 Å². The number of allylic oxidation sites excluding steroid dienone is 4. The van der Waals surface area contributed by atoms with Crippen LogP contribution in [-0.2, 0) is 0 Å². The Balaban J connectivity index is 1.88. The lowest BCUT2D eigenvalue weighted by molar-refractivity contribution is 0.220. The van der Waals surface area contributed by atoms with Gasteiger partial charge in [0, 0.05) is 44.2 Å². The molecule has 0 aromatic carbocycles. The molecule has 0 aliphatic heterocycles. The summed E-state index contributed by atoms with van der Waals surface area (Å²) in [5, 5.41) is 13.2. The van der Waals surface area contributed by atoms with E-state index in [-0.39, 0.29) is 0 Å². The lowest BCUT2D eigenvalue weighted by Crippen LogP contribution is -2.02. The zero-order chi connectivity index (χ0) is 16.5. The predicted molar refractivity (Wildman–Crippen MR) is 103 cm³/mol. The van der Waals surface area contributed by atoms with Gasteiger partial charge in [0.15, 0.2) is 0 Å². The first kappa shape index (κ1) is 15.8. The van der Waals surface area contributed by atoms with Crippen molar-refractivity contribution in [2.75, 3.05) is 0 Å². The first-order valence-electron chi connectivity index (χ1n) is 7.56. The first-order chi connectivity index (χ1) is 11.7. The quantitative estimate of drug-likeness (QED) is 0.614. The van der Waals surface area contributed by atoms with Crippen LogP contribution >= 0.6 is 34.3 Å². The van der Waals surface area contributed by atoms with Crippen LogP contribution in [0.4, 0.5) is 0 Å². The summed E-state index contributed by atoms with van der Waals surface area (Å²) in [6, 6.07) is 7.66. The highest BCUT2D eigenvalue weighted by Crippen LogP contribution is 2.45. The predicted octanol–water partition coefficient (Wildman–Crippen LogP) is 5.95. The van der Waals surface area contributed by atoms with Gasteiger partial charge < -0.3 is 5.11 Å². The zero-order valence-electron chi connectivity index (χ0n) is 12.6. The Morgan fingerprint density at radius 2 is 2.17 bits per heavy atom. The Labute approximate surface area is 153 Å². The van der Waals surface area contributed by atoms with Crippen molar-refractivity contribution < 1.29 is 5.11 Å². The summed E-state index contributed by atoms with van der Waals surface area (Å²) in [6.07, 6.45) is 10.1.